The van der Waals surface area contributed by atoms with Crippen molar-refractivity contribution in [2.45, 2.75) is 6.61 Å². The first-order chi connectivity index (χ1) is 12.4. The number of carbonyl (C=O) groups is 1. The average molecular weight is 434 g/mol. The molecule has 0 bridgehead atoms. The van der Waals surface area contributed by atoms with Crippen molar-refractivity contribution in [2.75, 3.05) is 0 Å². The van der Waals surface area contributed by atoms with E-state index < -0.39 is 4.92 Å². The molecular formula is C17H12BrN3O4S. The zero-order valence-electron chi connectivity index (χ0n) is 13.2. The van der Waals surface area contributed by atoms with Crippen LogP contribution in [0.25, 0.3) is 6.08 Å². The van der Waals surface area contributed by atoms with Crippen molar-refractivity contribution in [3.63, 3.8) is 0 Å². The van der Waals surface area contributed by atoms with Crippen LogP contribution in [0.4, 0.5) is 5.69 Å². The van der Waals surface area contributed by atoms with E-state index in [0.717, 1.165) is 16.2 Å². The van der Waals surface area contributed by atoms with Gasteiger partial charge in [-0.2, -0.15) is 0 Å². The first-order valence-electron chi connectivity index (χ1n) is 7.37. The fraction of sp³-hybridized carbons (Fsp3) is 0.0588. The van der Waals surface area contributed by atoms with E-state index >= 15 is 0 Å². The summed E-state index contributed by atoms with van der Waals surface area (Å²) >= 11 is 4.43. The number of thioether (sulfide) groups is 1. The molecule has 1 saturated heterocycles. The highest BCUT2D eigenvalue weighted by atomic mass is 79.9. The van der Waals surface area contributed by atoms with Gasteiger partial charge in [-0.1, -0.05) is 28.1 Å². The van der Waals surface area contributed by atoms with Crippen molar-refractivity contribution in [3.05, 3.63) is 73.1 Å². The van der Waals surface area contributed by atoms with Gasteiger partial charge in [-0.3, -0.25) is 20.3 Å². The number of rotatable bonds is 5. The molecule has 7 nitrogen and oxygen atoms in total. The second kappa shape index (κ2) is 7.71. The van der Waals surface area contributed by atoms with Gasteiger partial charge < -0.3 is 10.1 Å². The van der Waals surface area contributed by atoms with Gasteiger partial charge in [0.15, 0.2) is 5.17 Å². The molecule has 0 spiro atoms. The number of amidine groups is 1. The minimum Gasteiger partial charge on any atom is -0.488 e. The van der Waals surface area contributed by atoms with Crippen LogP contribution in [0.1, 0.15) is 11.1 Å². The molecular weight excluding hydrogens is 422 g/mol. The van der Waals surface area contributed by atoms with Gasteiger partial charge in [0.05, 0.1) is 9.83 Å². The molecule has 9 heteroatoms. The van der Waals surface area contributed by atoms with Gasteiger partial charge >= 0.3 is 0 Å². The third-order valence-electron chi connectivity index (χ3n) is 3.44. The lowest BCUT2D eigenvalue weighted by Gasteiger charge is -2.10. The van der Waals surface area contributed by atoms with Crippen molar-refractivity contribution in [2.24, 2.45) is 0 Å². The number of halogens is 1. The molecule has 1 fully saturated rings. The number of nitrogens with one attached hydrogen (secondary N) is 2. The number of nitrogens with zero attached hydrogens (tertiary/aromatic N) is 1. The highest BCUT2D eigenvalue weighted by molar-refractivity contribution is 9.10. The van der Waals surface area contributed by atoms with Gasteiger partial charge in [-0.15, -0.1) is 0 Å². The number of benzene rings is 2. The molecule has 0 saturated carbocycles. The van der Waals surface area contributed by atoms with E-state index in [4.69, 9.17) is 10.1 Å². The zero-order valence-corrected chi connectivity index (χ0v) is 15.6. The van der Waals surface area contributed by atoms with Gasteiger partial charge in [0.25, 0.3) is 11.6 Å². The molecule has 0 unspecified atom stereocenters. The number of hydrogen-bond donors (Lipinski definition) is 2. The summed E-state index contributed by atoms with van der Waals surface area (Å²) in [6, 6.07) is 11.6. The Morgan fingerprint density at radius 2 is 2.12 bits per heavy atom. The van der Waals surface area contributed by atoms with Gasteiger partial charge in [0.1, 0.15) is 12.4 Å². The van der Waals surface area contributed by atoms with Crippen molar-refractivity contribution in [1.29, 1.82) is 5.41 Å². The Bertz CT molecular complexity index is 945. The largest absolute Gasteiger partial charge is 0.488 e. The molecule has 26 heavy (non-hydrogen) atoms. The summed E-state index contributed by atoms with van der Waals surface area (Å²) in [6.07, 6.45) is 1.65. The number of nitro benzene ring substituents is 1. The molecule has 2 N–H and O–H groups in total. The van der Waals surface area contributed by atoms with Crippen LogP contribution in [0.5, 0.6) is 5.75 Å². The Morgan fingerprint density at radius 3 is 2.81 bits per heavy atom. The molecule has 3 rings (SSSR count). The summed E-state index contributed by atoms with van der Waals surface area (Å²) in [5, 5.41) is 20.9. The summed E-state index contributed by atoms with van der Waals surface area (Å²) in [6.45, 7) is 0.147. The molecule has 132 valence electrons. The molecule has 0 atom stereocenters. The Labute approximate surface area is 161 Å². The van der Waals surface area contributed by atoms with E-state index in [1.165, 1.54) is 12.1 Å². The molecule has 0 radical (unpaired) electrons. The van der Waals surface area contributed by atoms with Crippen LogP contribution in [-0.4, -0.2) is 16.0 Å². The first kappa shape index (κ1) is 18.2. The Hall–Kier alpha value is -2.65. The monoisotopic (exact) mass is 433 g/mol. The summed E-state index contributed by atoms with van der Waals surface area (Å²) in [5.41, 5.74) is 1.33. The van der Waals surface area contributed by atoms with Gasteiger partial charge in [0.2, 0.25) is 0 Å². The van der Waals surface area contributed by atoms with Crippen molar-refractivity contribution >= 4 is 50.5 Å². The third-order valence-corrected chi connectivity index (χ3v) is 4.76. The lowest BCUT2D eigenvalue weighted by Crippen LogP contribution is -2.18. The zero-order chi connectivity index (χ0) is 18.7. The molecule has 0 aromatic heterocycles. The predicted molar refractivity (Wildman–Crippen MR) is 103 cm³/mol. The maximum atomic E-state index is 11.8. The number of hydrogen-bond acceptors (Lipinski definition) is 6. The first-order valence-corrected chi connectivity index (χ1v) is 8.98. The maximum absolute atomic E-state index is 11.8. The lowest BCUT2D eigenvalue weighted by atomic mass is 10.1. The summed E-state index contributed by atoms with van der Waals surface area (Å²) in [5.74, 6) is 0.198. The fourth-order valence-corrected chi connectivity index (χ4v) is 3.34. The van der Waals surface area contributed by atoms with Crippen LogP contribution in [0.3, 0.4) is 0 Å². The Balaban J connectivity index is 1.83. The van der Waals surface area contributed by atoms with Gasteiger partial charge in [-0.25, -0.2) is 0 Å². The number of non-ortho nitro benzene ring substituents is 1. The van der Waals surface area contributed by atoms with Crippen LogP contribution < -0.4 is 10.1 Å². The average Bonchev–Trinajstić information content (AvgIpc) is 2.91. The highest BCUT2D eigenvalue weighted by Crippen LogP contribution is 2.31. The van der Waals surface area contributed by atoms with Crippen molar-refractivity contribution in [1.82, 2.24) is 5.32 Å². The van der Waals surface area contributed by atoms with E-state index in [1.807, 2.05) is 0 Å². The topological polar surface area (TPSA) is 105 Å². The van der Waals surface area contributed by atoms with E-state index in [2.05, 4.69) is 21.2 Å². The van der Waals surface area contributed by atoms with Crippen molar-refractivity contribution < 1.29 is 14.5 Å². The molecule has 1 heterocycles. The molecule has 1 aliphatic rings. The summed E-state index contributed by atoms with van der Waals surface area (Å²) in [7, 11) is 0. The van der Waals surface area contributed by atoms with Gasteiger partial charge in [0, 0.05) is 22.2 Å². The molecule has 1 aliphatic heterocycles. The van der Waals surface area contributed by atoms with Crippen molar-refractivity contribution in [3.8, 4) is 5.75 Å². The Morgan fingerprint density at radius 1 is 1.31 bits per heavy atom. The molecule has 2 aromatic carbocycles. The van der Waals surface area contributed by atoms with E-state index in [9.17, 15) is 14.9 Å². The van der Waals surface area contributed by atoms with Crippen LogP contribution in [-0.2, 0) is 11.4 Å². The number of carbonyl (C=O) groups excluding carboxylic acids is 1. The normalized spacial score (nSPS) is 15.2. The molecule has 0 aliphatic carbocycles. The standard InChI is InChI=1S/C17H12BrN3O4S/c18-12-4-5-14(11(7-12)8-15-16(22)20-17(19)26-15)25-9-10-2-1-3-13(6-10)21(23)24/h1-8H,9H2,(H2,19,20,22)/b15-8-. The summed E-state index contributed by atoms with van der Waals surface area (Å²) in [4.78, 5) is 22.6. The van der Waals surface area contributed by atoms with Crippen LogP contribution >= 0.6 is 27.7 Å². The molecule has 2 aromatic rings. The van der Waals surface area contributed by atoms with E-state index in [1.54, 1.807) is 36.4 Å². The van der Waals surface area contributed by atoms with E-state index in [-0.39, 0.29) is 23.4 Å². The number of nitro groups is 1. The Kier molecular flexibility index (Phi) is 5.38. The molecule has 1 amide bonds. The SMILES string of the molecule is N=C1NC(=O)/C(=C/c2cc(Br)ccc2OCc2cccc([N+](=O)[O-])c2)S1. The van der Waals surface area contributed by atoms with Crippen LogP contribution in [0, 0.1) is 15.5 Å². The smallest absolute Gasteiger partial charge is 0.269 e. The summed E-state index contributed by atoms with van der Waals surface area (Å²) < 4.78 is 6.61. The lowest BCUT2D eigenvalue weighted by molar-refractivity contribution is -0.384. The third kappa shape index (κ3) is 4.30. The minimum absolute atomic E-state index is 0.00165. The number of ether oxygens (including phenoxy) is 1. The van der Waals surface area contributed by atoms with Gasteiger partial charge in [-0.05, 0) is 41.6 Å². The van der Waals surface area contributed by atoms with Crippen LogP contribution in [0.2, 0.25) is 0 Å². The fourth-order valence-electron chi connectivity index (χ4n) is 2.27. The second-order valence-electron chi connectivity index (χ2n) is 5.29. The number of amides is 1. The van der Waals surface area contributed by atoms with Crippen LogP contribution in [0.15, 0.2) is 51.8 Å². The van der Waals surface area contributed by atoms with E-state index in [0.29, 0.717) is 21.8 Å². The quantitative estimate of drug-likeness (QED) is 0.419. The highest BCUT2D eigenvalue weighted by Gasteiger charge is 2.22. The predicted octanol–water partition coefficient (Wildman–Crippen LogP) is 4.07. The second-order valence-corrected chi connectivity index (χ2v) is 7.26. The minimum atomic E-state index is -0.455. The maximum Gasteiger partial charge on any atom is 0.269 e.